The van der Waals surface area contributed by atoms with E-state index in [2.05, 4.69) is 34.4 Å². The largest absolute Gasteiger partial charge is 0.369 e. The van der Waals surface area contributed by atoms with E-state index in [1.54, 1.807) is 17.4 Å². The van der Waals surface area contributed by atoms with Crippen LogP contribution in [0.3, 0.4) is 0 Å². The number of halogens is 2. The zero-order valence-electron chi connectivity index (χ0n) is 12.0. The van der Waals surface area contributed by atoms with Gasteiger partial charge in [-0.05, 0) is 12.5 Å². The Bertz CT molecular complexity index is 575. The van der Waals surface area contributed by atoms with E-state index in [0.717, 1.165) is 24.5 Å². The molecule has 2 heterocycles. The van der Waals surface area contributed by atoms with E-state index in [0.29, 0.717) is 27.6 Å². The van der Waals surface area contributed by atoms with Crippen molar-refractivity contribution in [1.29, 1.82) is 0 Å². The second-order valence-corrected chi connectivity index (χ2v) is 6.47. The monoisotopic (exact) mass is 344 g/mol. The zero-order valence-corrected chi connectivity index (χ0v) is 14.3. The molecule has 0 aliphatic carbocycles. The van der Waals surface area contributed by atoms with Gasteiger partial charge in [-0.1, -0.05) is 37.0 Å². The van der Waals surface area contributed by atoms with Crippen molar-refractivity contribution in [1.82, 2.24) is 9.97 Å². The molecule has 7 heteroatoms. The van der Waals surface area contributed by atoms with Crippen LogP contribution in [-0.2, 0) is 0 Å². The SMILES string of the molecule is CCCNc1nc(NCC(C)c2nccs2)c(Cl)cc1Cl. The van der Waals surface area contributed by atoms with Crippen molar-refractivity contribution < 1.29 is 0 Å². The molecule has 0 saturated carbocycles. The highest BCUT2D eigenvalue weighted by Crippen LogP contribution is 2.29. The average Bonchev–Trinajstić information content (AvgIpc) is 2.99. The molecule has 0 aliphatic heterocycles. The highest BCUT2D eigenvalue weighted by atomic mass is 35.5. The Morgan fingerprint density at radius 1 is 1.24 bits per heavy atom. The van der Waals surface area contributed by atoms with Crippen LogP contribution in [0.25, 0.3) is 0 Å². The van der Waals surface area contributed by atoms with E-state index in [1.165, 1.54) is 0 Å². The van der Waals surface area contributed by atoms with Gasteiger partial charge in [0.1, 0.15) is 11.6 Å². The Morgan fingerprint density at radius 2 is 1.95 bits per heavy atom. The standard InChI is InChI=1S/C14H18Cl2N4S/c1-3-4-17-12-10(15)7-11(16)13(20-12)19-8-9(2)14-18-5-6-21-14/h5-7,9H,3-4,8H2,1-2H3,(H2,17,19,20). The Balaban J connectivity index is 2.05. The van der Waals surface area contributed by atoms with Crippen LogP contribution in [0.4, 0.5) is 11.6 Å². The topological polar surface area (TPSA) is 49.8 Å². The first-order valence-corrected chi connectivity index (χ1v) is 8.48. The number of aromatic nitrogens is 2. The van der Waals surface area contributed by atoms with Crippen molar-refractivity contribution in [2.75, 3.05) is 23.7 Å². The summed E-state index contributed by atoms with van der Waals surface area (Å²) in [5.74, 6) is 1.60. The molecule has 0 saturated heterocycles. The molecule has 1 unspecified atom stereocenters. The van der Waals surface area contributed by atoms with Crippen molar-refractivity contribution in [3.8, 4) is 0 Å². The predicted octanol–water partition coefficient (Wildman–Crippen LogP) is 4.88. The van der Waals surface area contributed by atoms with Crippen molar-refractivity contribution in [2.45, 2.75) is 26.2 Å². The molecule has 0 spiro atoms. The first-order valence-electron chi connectivity index (χ1n) is 6.85. The summed E-state index contributed by atoms with van der Waals surface area (Å²) in [4.78, 5) is 8.77. The van der Waals surface area contributed by atoms with Crippen LogP contribution in [0.1, 0.15) is 31.2 Å². The molecule has 0 radical (unpaired) electrons. The third-order valence-electron chi connectivity index (χ3n) is 2.92. The number of anilines is 2. The number of hydrogen-bond acceptors (Lipinski definition) is 5. The number of pyridine rings is 1. The number of rotatable bonds is 7. The van der Waals surface area contributed by atoms with Gasteiger partial charge in [-0.25, -0.2) is 9.97 Å². The average molecular weight is 345 g/mol. The van der Waals surface area contributed by atoms with Gasteiger partial charge in [-0.3, -0.25) is 0 Å². The van der Waals surface area contributed by atoms with Crippen LogP contribution >= 0.6 is 34.5 Å². The first kappa shape index (κ1) is 16.3. The highest BCUT2D eigenvalue weighted by molar-refractivity contribution is 7.09. The molecule has 2 N–H and O–H groups in total. The summed E-state index contributed by atoms with van der Waals surface area (Å²) in [6.45, 7) is 5.75. The van der Waals surface area contributed by atoms with E-state index in [4.69, 9.17) is 23.2 Å². The third-order valence-corrected chi connectivity index (χ3v) is 4.50. The van der Waals surface area contributed by atoms with Crippen molar-refractivity contribution in [2.24, 2.45) is 0 Å². The molecule has 114 valence electrons. The predicted molar refractivity (Wildman–Crippen MR) is 92.1 cm³/mol. The summed E-state index contributed by atoms with van der Waals surface area (Å²) in [5, 5.41) is 10.6. The molecular weight excluding hydrogens is 327 g/mol. The van der Waals surface area contributed by atoms with Crippen molar-refractivity contribution in [3.63, 3.8) is 0 Å². The Labute approximate surface area is 138 Å². The second-order valence-electron chi connectivity index (χ2n) is 4.73. The van der Waals surface area contributed by atoms with Gasteiger partial charge in [-0.2, -0.15) is 0 Å². The Kier molecular flexibility index (Phi) is 6.08. The maximum absolute atomic E-state index is 6.19. The molecule has 2 rings (SSSR count). The van der Waals surface area contributed by atoms with E-state index in [9.17, 15) is 0 Å². The molecule has 2 aromatic rings. The summed E-state index contributed by atoms with van der Waals surface area (Å²) < 4.78 is 0. The van der Waals surface area contributed by atoms with Crippen molar-refractivity contribution in [3.05, 3.63) is 32.7 Å². The lowest BCUT2D eigenvalue weighted by Crippen LogP contribution is -2.12. The minimum atomic E-state index is 0.297. The normalized spacial score (nSPS) is 12.2. The maximum Gasteiger partial charge on any atom is 0.147 e. The van der Waals surface area contributed by atoms with Crippen LogP contribution in [0, 0.1) is 0 Å². The zero-order chi connectivity index (χ0) is 15.2. The Morgan fingerprint density at radius 3 is 2.57 bits per heavy atom. The van der Waals surface area contributed by atoms with Gasteiger partial charge < -0.3 is 10.6 Å². The smallest absolute Gasteiger partial charge is 0.147 e. The molecule has 0 aliphatic rings. The van der Waals surface area contributed by atoms with Gasteiger partial charge in [0, 0.05) is 30.6 Å². The first-order chi connectivity index (χ1) is 10.1. The fourth-order valence-electron chi connectivity index (χ4n) is 1.77. The van der Waals surface area contributed by atoms with Crippen LogP contribution in [0.15, 0.2) is 17.6 Å². The Hall–Kier alpha value is -1.04. The summed E-state index contributed by atoms with van der Waals surface area (Å²) in [5.41, 5.74) is 0. The maximum atomic E-state index is 6.19. The number of nitrogens with one attached hydrogen (secondary N) is 2. The van der Waals surface area contributed by atoms with E-state index in [1.807, 2.05) is 11.6 Å². The summed E-state index contributed by atoms with van der Waals surface area (Å²) >= 11 is 14.0. The lowest BCUT2D eigenvalue weighted by atomic mass is 10.2. The number of nitrogens with zero attached hydrogens (tertiary/aromatic N) is 2. The van der Waals surface area contributed by atoms with Crippen LogP contribution in [0.5, 0.6) is 0 Å². The molecule has 2 aromatic heterocycles. The fourth-order valence-corrected chi connectivity index (χ4v) is 2.96. The number of hydrogen-bond donors (Lipinski definition) is 2. The minimum Gasteiger partial charge on any atom is -0.369 e. The lowest BCUT2D eigenvalue weighted by Gasteiger charge is -2.14. The molecule has 0 fully saturated rings. The molecule has 0 amide bonds. The van der Waals surface area contributed by atoms with Gasteiger partial charge in [0.25, 0.3) is 0 Å². The fraction of sp³-hybridized carbons (Fsp3) is 0.429. The highest BCUT2D eigenvalue weighted by Gasteiger charge is 2.12. The van der Waals surface area contributed by atoms with E-state index in [-0.39, 0.29) is 0 Å². The van der Waals surface area contributed by atoms with E-state index < -0.39 is 0 Å². The minimum absolute atomic E-state index is 0.297. The molecule has 1 atom stereocenters. The van der Waals surface area contributed by atoms with Crippen LogP contribution in [0.2, 0.25) is 10.0 Å². The summed E-state index contributed by atoms with van der Waals surface area (Å²) in [6, 6.07) is 1.71. The van der Waals surface area contributed by atoms with E-state index >= 15 is 0 Å². The lowest BCUT2D eigenvalue weighted by molar-refractivity contribution is 0.792. The van der Waals surface area contributed by atoms with Crippen molar-refractivity contribution >= 4 is 46.2 Å². The van der Waals surface area contributed by atoms with Crippen LogP contribution < -0.4 is 10.6 Å². The molecule has 21 heavy (non-hydrogen) atoms. The van der Waals surface area contributed by atoms with Gasteiger partial charge in [-0.15, -0.1) is 11.3 Å². The second kappa shape index (κ2) is 7.82. The van der Waals surface area contributed by atoms with Gasteiger partial charge >= 0.3 is 0 Å². The van der Waals surface area contributed by atoms with Gasteiger partial charge in [0.05, 0.1) is 15.1 Å². The third kappa shape index (κ3) is 4.46. The quantitative estimate of drug-likeness (QED) is 0.751. The van der Waals surface area contributed by atoms with Gasteiger partial charge in [0.15, 0.2) is 0 Å². The summed E-state index contributed by atoms with van der Waals surface area (Å²) in [7, 11) is 0. The van der Waals surface area contributed by atoms with Gasteiger partial charge in [0.2, 0.25) is 0 Å². The summed E-state index contributed by atoms with van der Waals surface area (Å²) in [6.07, 6.45) is 2.82. The number of thiazole rings is 1. The molecule has 0 aromatic carbocycles. The molecular formula is C14H18Cl2N4S. The van der Waals surface area contributed by atoms with Crippen LogP contribution in [-0.4, -0.2) is 23.1 Å². The molecule has 4 nitrogen and oxygen atoms in total. The molecule has 0 bridgehead atoms.